The second-order valence-corrected chi connectivity index (χ2v) is 9.06. The molecule has 9 heteroatoms. The molecule has 1 aromatic rings. The molecule has 1 aromatic carbocycles. The zero-order valence-corrected chi connectivity index (χ0v) is 15.9. The number of nitrogens with one attached hydrogen (secondary N) is 1. The summed E-state index contributed by atoms with van der Waals surface area (Å²) >= 11 is 0. The van der Waals surface area contributed by atoms with E-state index in [2.05, 4.69) is 5.32 Å². The summed E-state index contributed by atoms with van der Waals surface area (Å²) in [6.45, 7) is 3.05. The van der Waals surface area contributed by atoms with Crippen LogP contribution in [-0.4, -0.2) is 67.9 Å². The van der Waals surface area contributed by atoms with Crippen LogP contribution in [0.15, 0.2) is 24.3 Å². The number of benzene rings is 1. The SMILES string of the molecule is Cl.O=C1c2ccccc2C(=O)N1CCCS(=O)(=O)N1C[C@H]2CNC[C@H]2C1. The number of imide groups is 1. The van der Waals surface area contributed by atoms with Gasteiger partial charge in [0.2, 0.25) is 10.0 Å². The summed E-state index contributed by atoms with van der Waals surface area (Å²) in [6, 6.07) is 6.70. The van der Waals surface area contributed by atoms with Crippen LogP contribution in [0.25, 0.3) is 0 Å². The van der Waals surface area contributed by atoms with Crippen molar-refractivity contribution >= 4 is 34.2 Å². The first-order chi connectivity index (χ1) is 12.0. The number of hydrogen-bond acceptors (Lipinski definition) is 5. The number of hydrogen-bond donors (Lipinski definition) is 1. The topological polar surface area (TPSA) is 86.8 Å². The first kappa shape index (κ1) is 19.3. The lowest BCUT2D eigenvalue weighted by Crippen LogP contribution is -2.36. The fourth-order valence-electron chi connectivity index (χ4n) is 4.02. The Bertz CT molecular complexity index is 782. The van der Waals surface area contributed by atoms with Gasteiger partial charge in [0, 0.05) is 19.6 Å². The number of fused-ring (bicyclic) bond motifs is 2. The van der Waals surface area contributed by atoms with Crippen molar-refractivity contribution in [1.29, 1.82) is 0 Å². The lowest BCUT2D eigenvalue weighted by Gasteiger charge is -2.19. The van der Waals surface area contributed by atoms with Crippen LogP contribution in [0.3, 0.4) is 0 Å². The zero-order valence-electron chi connectivity index (χ0n) is 14.3. The van der Waals surface area contributed by atoms with E-state index in [1.807, 2.05) is 0 Å². The van der Waals surface area contributed by atoms with Gasteiger partial charge in [-0.25, -0.2) is 12.7 Å². The predicted molar refractivity (Wildman–Crippen MR) is 98.9 cm³/mol. The molecule has 26 heavy (non-hydrogen) atoms. The standard InChI is InChI=1S/C17H21N3O4S.ClH/c21-16-14-4-1-2-5-15(14)17(22)20(16)6-3-7-25(23,24)19-10-12-8-18-9-13(12)11-19;/h1-2,4-5,12-13,18H,3,6-11H2;1H/t12-,13+;. The quantitative estimate of drug-likeness (QED) is 0.732. The molecular weight excluding hydrogens is 378 g/mol. The molecule has 0 spiro atoms. The minimum Gasteiger partial charge on any atom is -0.316 e. The van der Waals surface area contributed by atoms with Crippen LogP contribution < -0.4 is 5.32 Å². The molecule has 142 valence electrons. The third-order valence-corrected chi connectivity index (χ3v) is 7.30. The van der Waals surface area contributed by atoms with Crippen LogP contribution >= 0.6 is 12.4 Å². The number of sulfonamides is 1. The number of amides is 2. The van der Waals surface area contributed by atoms with Crippen molar-refractivity contribution < 1.29 is 18.0 Å². The van der Waals surface area contributed by atoms with E-state index in [0.29, 0.717) is 36.1 Å². The number of carbonyl (C=O) groups is 2. The third kappa shape index (κ3) is 3.26. The Hall–Kier alpha value is -1.48. The lowest BCUT2D eigenvalue weighted by atomic mass is 10.0. The molecule has 3 heterocycles. The average molecular weight is 400 g/mol. The molecule has 0 saturated carbocycles. The Labute approximate surface area is 159 Å². The van der Waals surface area contributed by atoms with Gasteiger partial charge in [-0.05, 0) is 43.5 Å². The summed E-state index contributed by atoms with van der Waals surface area (Å²) in [5.41, 5.74) is 0.797. The largest absolute Gasteiger partial charge is 0.316 e. The van der Waals surface area contributed by atoms with Gasteiger partial charge in [-0.15, -0.1) is 12.4 Å². The maximum Gasteiger partial charge on any atom is 0.261 e. The van der Waals surface area contributed by atoms with Crippen molar-refractivity contribution in [1.82, 2.24) is 14.5 Å². The number of carbonyl (C=O) groups excluding carboxylic acids is 2. The summed E-state index contributed by atoms with van der Waals surface area (Å²) in [4.78, 5) is 25.7. The van der Waals surface area contributed by atoms with Gasteiger partial charge in [0.15, 0.2) is 0 Å². The van der Waals surface area contributed by atoms with Gasteiger partial charge >= 0.3 is 0 Å². The van der Waals surface area contributed by atoms with Gasteiger partial charge in [0.1, 0.15) is 0 Å². The highest BCUT2D eigenvalue weighted by molar-refractivity contribution is 7.89. The van der Waals surface area contributed by atoms with Gasteiger partial charge in [0.05, 0.1) is 16.9 Å². The highest BCUT2D eigenvalue weighted by Crippen LogP contribution is 2.29. The van der Waals surface area contributed by atoms with Crippen molar-refractivity contribution in [2.45, 2.75) is 6.42 Å². The van der Waals surface area contributed by atoms with Crippen molar-refractivity contribution in [3.05, 3.63) is 35.4 Å². The Balaban J connectivity index is 0.00000196. The molecule has 0 bridgehead atoms. The smallest absolute Gasteiger partial charge is 0.261 e. The van der Waals surface area contributed by atoms with Crippen LogP contribution in [0, 0.1) is 11.8 Å². The lowest BCUT2D eigenvalue weighted by molar-refractivity contribution is 0.0654. The molecule has 2 amide bonds. The summed E-state index contributed by atoms with van der Waals surface area (Å²) in [7, 11) is -3.34. The van der Waals surface area contributed by atoms with E-state index in [9.17, 15) is 18.0 Å². The molecule has 0 aliphatic carbocycles. The third-order valence-electron chi connectivity index (χ3n) is 5.41. The molecule has 2 saturated heterocycles. The van der Waals surface area contributed by atoms with Gasteiger partial charge < -0.3 is 5.32 Å². The molecule has 4 rings (SSSR count). The molecule has 3 aliphatic rings. The van der Waals surface area contributed by atoms with Crippen LogP contribution in [0.4, 0.5) is 0 Å². The fourth-order valence-corrected chi connectivity index (χ4v) is 5.61. The summed E-state index contributed by atoms with van der Waals surface area (Å²) in [5, 5.41) is 3.29. The predicted octanol–water partition coefficient (Wildman–Crippen LogP) is 0.575. The second kappa shape index (κ2) is 7.26. The van der Waals surface area contributed by atoms with Gasteiger partial charge in [0.25, 0.3) is 11.8 Å². The average Bonchev–Trinajstić information content (AvgIpc) is 3.24. The van der Waals surface area contributed by atoms with Crippen LogP contribution in [0.2, 0.25) is 0 Å². The van der Waals surface area contributed by atoms with E-state index >= 15 is 0 Å². The van der Waals surface area contributed by atoms with Crippen molar-refractivity contribution in [2.75, 3.05) is 38.5 Å². The highest BCUT2D eigenvalue weighted by atomic mass is 35.5. The summed E-state index contributed by atoms with van der Waals surface area (Å²) in [5.74, 6) is 0.115. The monoisotopic (exact) mass is 399 g/mol. The molecule has 7 nitrogen and oxygen atoms in total. The van der Waals surface area contributed by atoms with Crippen molar-refractivity contribution in [3.8, 4) is 0 Å². The van der Waals surface area contributed by atoms with E-state index in [-0.39, 0.29) is 42.9 Å². The van der Waals surface area contributed by atoms with E-state index in [1.54, 1.807) is 28.6 Å². The van der Waals surface area contributed by atoms with Gasteiger partial charge in [-0.2, -0.15) is 0 Å². The Morgan fingerprint density at radius 3 is 2.08 bits per heavy atom. The zero-order chi connectivity index (χ0) is 17.6. The molecule has 2 atom stereocenters. The maximum atomic E-state index is 12.5. The van der Waals surface area contributed by atoms with E-state index < -0.39 is 10.0 Å². The van der Waals surface area contributed by atoms with Gasteiger partial charge in [-0.1, -0.05) is 12.1 Å². The normalized spacial score (nSPS) is 25.3. The van der Waals surface area contributed by atoms with Gasteiger partial charge in [-0.3, -0.25) is 14.5 Å². The van der Waals surface area contributed by atoms with E-state index in [4.69, 9.17) is 0 Å². The second-order valence-electron chi connectivity index (χ2n) is 6.97. The Kier molecular flexibility index (Phi) is 5.39. The number of rotatable bonds is 5. The van der Waals surface area contributed by atoms with Crippen LogP contribution in [0.5, 0.6) is 0 Å². The summed E-state index contributed by atoms with van der Waals surface area (Å²) < 4.78 is 26.6. The number of nitrogens with zero attached hydrogens (tertiary/aromatic N) is 2. The highest BCUT2D eigenvalue weighted by Gasteiger charge is 2.41. The maximum absolute atomic E-state index is 12.5. The van der Waals surface area contributed by atoms with E-state index in [1.165, 1.54) is 0 Å². The van der Waals surface area contributed by atoms with Crippen LogP contribution in [0.1, 0.15) is 27.1 Å². The first-order valence-electron chi connectivity index (χ1n) is 8.61. The molecule has 0 radical (unpaired) electrons. The molecule has 3 aliphatic heterocycles. The first-order valence-corrected chi connectivity index (χ1v) is 10.2. The van der Waals surface area contributed by atoms with E-state index in [0.717, 1.165) is 18.0 Å². The van der Waals surface area contributed by atoms with Crippen molar-refractivity contribution in [3.63, 3.8) is 0 Å². The minimum absolute atomic E-state index is 0. The number of halogens is 1. The Morgan fingerprint density at radius 2 is 1.54 bits per heavy atom. The summed E-state index contributed by atoms with van der Waals surface area (Å²) in [6.07, 6.45) is 0.262. The minimum atomic E-state index is -3.34. The molecule has 2 fully saturated rings. The Morgan fingerprint density at radius 1 is 1.00 bits per heavy atom. The molecule has 1 N–H and O–H groups in total. The van der Waals surface area contributed by atoms with Crippen LogP contribution in [-0.2, 0) is 10.0 Å². The molecular formula is C17H22ClN3O4S. The fraction of sp³-hybridized carbons (Fsp3) is 0.529. The van der Waals surface area contributed by atoms with Crippen molar-refractivity contribution in [2.24, 2.45) is 11.8 Å². The molecule has 0 aromatic heterocycles. The molecule has 0 unspecified atom stereocenters.